The van der Waals surface area contributed by atoms with Crippen LogP contribution in [0, 0.1) is 0 Å². The van der Waals surface area contributed by atoms with Gasteiger partial charge in [0.2, 0.25) is 4.80 Å². The fourth-order valence-corrected chi connectivity index (χ4v) is 4.28. The molecule has 0 spiro atoms. The molecule has 2 aromatic carbocycles. The predicted molar refractivity (Wildman–Crippen MR) is 118 cm³/mol. The fourth-order valence-electron chi connectivity index (χ4n) is 3.04. The first-order valence-electron chi connectivity index (χ1n) is 8.64. The lowest BCUT2D eigenvalue weighted by Gasteiger charge is -2.08. The highest BCUT2D eigenvalue weighted by Crippen LogP contribution is 2.29. The minimum atomic E-state index is -0.130. The lowest BCUT2D eigenvalue weighted by molar-refractivity contribution is -0.112. The first-order chi connectivity index (χ1) is 13.6. The number of carbonyl (C=O) groups excluding carboxylic acids is 1. The number of aromatic nitrogens is 1. The van der Waals surface area contributed by atoms with E-state index in [1.807, 2.05) is 53.9 Å². The van der Waals surface area contributed by atoms with Gasteiger partial charge in [-0.2, -0.15) is 5.10 Å². The molecule has 2 heterocycles. The van der Waals surface area contributed by atoms with Gasteiger partial charge in [0.25, 0.3) is 5.91 Å². The molecule has 0 saturated heterocycles. The van der Waals surface area contributed by atoms with E-state index in [1.54, 1.807) is 22.7 Å². The van der Waals surface area contributed by atoms with Crippen LogP contribution in [0.4, 0.5) is 5.69 Å². The highest BCUT2D eigenvalue weighted by Gasteiger charge is 2.31. The van der Waals surface area contributed by atoms with Crippen LogP contribution in [-0.4, -0.2) is 29.9 Å². The van der Waals surface area contributed by atoms with Gasteiger partial charge in [-0.05, 0) is 18.2 Å². The van der Waals surface area contributed by atoms with Gasteiger partial charge in [0, 0.05) is 28.0 Å². The molecule has 28 heavy (non-hydrogen) atoms. The van der Waals surface area contributed by atoms with Gasteiger partial charge in [-0.15, -0.1) is 17.9 Å². The maximum absolute atomic E-state index is 12.8. The van der Waals surface area contributed by atoms with E-state index in [9.17, 15) is 4.79 Å². The quantitative estimate of drug-likeness (QED) is 0.544. The number of thiazole rings is 1. The third-order valence-electron chi connectivity index (χ3n) is 4.39. The summed E-state index contributed by atoms with van der Waals surface area (Å²) in [5.74, 6) is -0.130. The number of carbonyl (C=O) groups is 1. The molecule has 3 aromatic rings. The summed E-state index contributed by atoms with van der Waals surface area (Å²) >= 11 is 5.01. The number of likely N-dealkylation sites (N-methyl/N-ethyl adjacent to an activating group) is 1. The van der Waals surface area contributed by atoms with Gasteiger partial charge in [0.05, 0.1) is 17.9 Å². The van der Waals surface area contributed by atoms with E-state index in [-0.39, 0.29) is 5.91 Å². The van der Waals surface area contributed by atoms with Gasteiger partial charge in [0.1, 0.15) is 0 Å². The van der Waals surface area contributed by atoms with Crippen molar-refractivity contribution in [1.82, 2.24) is 4.68 Å². The minimum absolute atomic E-state index is 0.130. The average Bonchev–Trinajstić information content (AvgIpc) is 3.21. The molecule has 0 bridgehead atoms. The molecule has 0 saturated carbocycles. The molecule has 0 atom stereocenters. The van der Waals surface area contributed by atoms with Gasteiger partial charge in [-0.1, -0.05) is 52.3 Å². The Morgan fingerprint density at radius 1 is 1.21 bits per heavy atom. The maximum atomic E-state index is 12.8. The van der Waals surface area contributed by atoms with Crippen LogP contribution in [0.25, 0.3) is 11.3 Å². The zero-order valence-corrected chi connectivity index (χ0v) is 17.6. The SMILES string of the molecule is C=CCN=c1scc(-c2cccc(Br)c2)n1N=C1C(=O)N(C)c2ccccc21. The van der Waals surface area contributed by atoms with Crippen molar-refractivity contribution in [2.24, 2.45) is 10.1 Å². The maximum Gasteiger partial charge on any atom is 0.279 e. The highest BCUT2D eigenvalue weighted by atomic mass is 79.9. The van der Waals surface area contributed by atoms with Crippen LogP contribution in [0.2, 0.25) is 0 Å². The summed E-state index contributed by atoms with van der Waals surface area (Å²) in [6.45, 7) is 4.22. The van der Waals surface area contributed by atoms with Crippen LogP contribution >= 0.6 is 27.3 Å². The van der Waals surface area contributed by atoms with Crippen LogP contribution in [0.3, 0.4) is 0 Å². The van der Waals surface area contributed by atoms with E-state index >= 15 is 0 Å². The van der Waals surface area contributed by atoms with Crippen molar-refractivity contribution in [2.75, 3.05) is 18.5 Å². The van der Waals surface area contributed by atoms with Crippen molar-refractivity contribution in [3.05, 3.63) is 81.4 Å². The predicted octanol–water partition coefficient (Wildman–Crippen LogP) is 4.29. The third-order valence-corrected chi connectivity index (χ3v) is 5.74. The molecule has 1 aliphatic heterocycles. The molecule has 0 radical (unpaired) electrons. The first-order valence-corrected chi connectivity index (χ1v) is 10.3. The second kappa shape index (κ2) is 7.69. The Morgan fingerprint density at radius 3 is 2.82 bits per heavy atom. The Labute approximate surface area is 175 Å². The second-order valence-electron chi connectivity index (χ2n) is 6.18. The van der Waals surface area contributed by atoms with Crippen molar-refractivity contribution in [2.45, 2.75) is 0 Å². The Balaban J connectivity index is 1.94. The Hall–Kier alpha value is -2.77. The number of halogens is 1. The van der Waals surface area contributed by atoms with Gasteiger partial charge < -0.3 is 4.90 Å². The molecular formula is C21H17BrN4OS. The van der Waals surface area contributed by atoms with Crippen molar-refractivity contribution in [1.29, 1.82) is 0 Å². The Kier molecular flexibility index (Phi) is 5.11. The van der Waals surface area contributed by atoms with Crippen LogP contribution < -0.4 is 9.70 Å². The number of amides is 1. The molecule has 5 nitrogen and oxygen atoms in total. The van der Waals surface area contributed by atoms with E-state index < -0.39 is 0 Å². The smallest absolute Gasteiger partial charge is 0.279 e. The van der Waals surface area contributed by atoms with E-state index in [0.29, 0.717) is 17.1 Å². The highest BCUT2D eigenvalue weighted by molar-refractivity contribution is 9.10. The lowest BCUT2D eigenvalue weighted by Crippen LogP contribution is -2.27. The number of nitrogens with zero attached hydrogens (tertiary/aromatic N) is 4. The van der Waals surface area contributed by atoms with E-state index in [0.717, 1.165) is 27.0 Å². The van der Waals surface area contributed by atoms with Crippen molar-refractivity contribution >= 4 is 44.6 Å². The number of hydrogen-bond donors (Lipinski definition) is 0. The van der Waals surface area contributed by atoms with E-state index in [1.165, 1.54) is 11.3 Å². The van der Waals surface area contributed by atoms with Crippen LogP contribution in [0.15, 0.2) is 81.1 Å². The Bertz CT molecular complexity index is 1170. The second-order valence-corrected chi connectivity index (χ2v) is 7.94. The third kappa shape index (κ3) is 3.27. The standard InChI is InChI=1S/C21H17BrN4OS/c1-3-11-23-21-26(18(13-28-21)14-7-6-8-15(22)12-14)24-19-16-9-4-5-10-17(16)25(2)20(19)27/h3-10,12-13H,1,11H2,2H3. The first kappa shape index (κ1) is 18.6. The summed E-state index contributed by atoms with van der Waals surface area (Å²) in [5, 5.41) is 6.76. The van der Waals surface area contributed by atoms with Crippen molar-refractivity contribution in [3.63, 3.8) is 0 Å². The molecule has 7 heteroatoms. The van der Waals surface area contributed by atoms with E-state index in [4.69, 9.17) is 5.10 Å². The molecule has 0 N–H and O–H groups in total. The molecule has 0 unspecified atom stereocenters. The average molecular weight is 453 g/mol. The van der Waals surface area contributed by atoms with Crippen LogP contribution in [0.5, 0.6) is 0 Å². The van der Waals surface area contributed by atoms with Crippen molar-refractivity contribution < 1.29 is 4.79 Å². The monoisotopic (exact) mass is 452 g/mol. The topological polar surface area (TPSA) is 50.0 Å². The van der Waals surface area contributed by atoms with Gasteiger partial charge >= 0.3 is 0 Å². The van der Waals surface area contributed by atoms with Crippen LogP contribution in [0.1, 0.15) is 5.56 Å². The molecule has 0 aliphatic carbocycles. The number of benzene rings is 2. The zero-order chi connectivity index (χ0) is 19.7. The number of para-hydroxylation sites is 1. The van der Waals surface area contributed by atoms with Crippen LogP contribution in [-0.2, 0) is 4.79 Å². The number of anilines is 1. The Morgan fingerprint density at radius 2 is 2.04 bits per heavy atom. The molecule has 140 valence electrons. The summed E-state index contributed by atoms with van der Waals surface area (Å²) in [7, 11) is 1.76. The molecule has 1 aromatic heterocycles. The molecule has 1 aliphatic rings. The normalized spacial score (nSPS) is 15.4. The summed E-state index contributed by atoms with van der Waals surface area (Å²) in [6.07, 6.45) is 1.74. The zero-order valence-electron chi connectivity index (χ0n) is 15.2. The number of fused-ring (bicyclic) bond motifs is 1. The summed E-state index contributed by atoms with van der Waals surface area (Å²) in [4.78, 5) is 19.7. The summed E-state index contributed by atoms with van der Waals surface area (Å²) < 4.78 is 2.72. The number of hydrogen-bond acceptors (Lipinski definition) is 4. The number of rotatable bonds is 4. The minimum Gasteiger partial charge on any atom is -0.309 e. The van der Waals surface area contributed by atoms with Gasteiger partial charge in [0.15, 0.2) is 5.71 Å². The van der Waals surface area contributed by atoms with E-state index in [2.05, 4.69) is 27.5 Å². The fraction of sp³-hybridized carbons (Fsp3) is 0.0952. The lowest BCUT2D eigenvalue weighted by atomic mass is 10.1. The molecule has 1 amide bonds. The van der Waals surface area contributed by atoms with Crippen molar-refractivity contribution in [3.8, 4) is 11.3 Å². The summed E-state index contributed by atoms with van der Waals surface area (Å²) in [6, 6.07) is 15.6. The molecular weight excluding hydrogens is 436 g/mol. The summed E-state index contributed by atoms with van der Waals surface area (Å²) in [5.41, 5.74) is 3.95. The molecule has 0 fully saturated rings. The molecule has 4 rings (SSSR count). The largest absolute Gasteiger partial charge is 0.309 e. The van der Waals surface area contributed by atoms with Gasteiger partial charge in [-0.3, -0.25) is 9.79 Å². The van der Waals surface area contributed by atoms with Gasteiger partial charge in [-0.25, -0.2) is 4.68 Å².